The third kappa shape index (κ3) is 2.31. The van der Waals surface area contributed by atoms with Crippen LogP contribution in [0.1, 0.15) is 60.3 Å². The van der Waals surface area contributed by atoms with Gasteiger partial charge in [-0.25, -0.2) is 0 Å². The first kappa shape index (κ1) is 14.8. The maximum absolute atomic E-state index is 11.4. The first-order valence-electron chi connectivity index (χ1n) is 7.67. The number of carboxylic acids is 1. The van der Waals surface area contributed by atoms with Crippen LogP contribution in [0, 0.1) is 22.7 Å². The summed E-state index contributed by atoms with van der Waals surface area (Å²) in [6.45, 7) is 11.3. The van der Waals surface area contributed by atoms with Gasteiger partial charge in [-0.15, -0.1) is 0 Å². The van der Waals surface area contributed by atoms with Crippen LogP contribution in [0.25, 0.3) is 0 Å². The Morgan fingerprint density at radius 2 is 2.00 bits per heavy atom. The maximum Gasteiger partial charge on any atom is 0.320 e. The van der Waals surface area contributed by atoms with E-state index in [0.29, 0.717) is 23.8 Å². The summed E-state index contributed by atoms with van der Waals surface area (Å²) in [6.07, 6.45) is 4.40. The van der Waals surface area contributed by atoms with Crippen LogP contribution in [0.15, 0.2) is 0 Å². The van der Waals surface area contributed by atoms with Crippen molar-refractivity contribution >= 4 is 5.97 Å². The molecule has 0 amide bonds. The summed E-state index contributed by atoms with van der Waals surface area (Å²) in [5, 5.41) is 12.9. The lowest BCUT2D eigenvalue weighted by atomic mass is 9.69. The molecule has 0 spiro atoms. The van der Waals surface area contributed by atoms with E-state index in [9.17, 15) is 9.90 Å². The Bertz CT molecular complexity index is 364. The molecule has 110 valence electrons. The van der Waals surface area contributed by atoms with Crippen LogP contribution in [0.3, 0.4) is 0 Å². The Balaban J connectivity index is 2.10. The molecule has 2 aliphatic rings. The monoisotopic (exact) mass is 267 g/mol. The molecular formula is C16H29NO2. The molecule has 0 heterocycles. The molecule has 2 bridgehead atoms. The van der Waals surface area contributed by atoms with Crippen LogP contribution >= 0.6 is 0 Å². The van der Waals surface area contributed by atoms with E-state index in [-0.39, 0.29) is 5.41 Å². The summed E-state index contributed by atoms with van der Waals surface area (Å²) in [7, 11) is 0. The summed E-state index contributed by atoms with van der Waals surface area (Å²) in [6, 6.07) is -0.0296. The molecule has 3 heteroatoms. The van der Waals surface area contributed by atoms with Gasteiger partial charge in [-0.3, -0.25) is 4.79 Å². The highest BCUT2D eigenvalue weighted by Crippen LogP contribution is 2.65. The predicted molar refractivity (Wildman–Crippen MR) is 77.0 cm³/mol. The lowest BCUT2D eigenvalue weighted by Gasteiger charge is -2.40. The van der Waals surface area contributed by atoms with Gasteiger partial charge in [0.2, 0.25) is 0 Å². The summed E-state index contributed by atoms with van der Waals surface area (Å²) in [5.74, 6) is 0.467. The number of carboxylic acid groups (broad SMARTS) is 1. The fourth-order valence-corrected chi connectivity index (χ4v) is 4.41. The zero-order valence-electron chi connectivity index (χ0n) is 13.0. The van der Waals surface area contributed by atoms with Crippen LogP contribution in [-0.2, 0) is 4.79 Å². The second kappa shape index (κ2) is 4.76. The number of carbonyl (C=O) groups is 1. The van der Waals surface area contributed by atoms with Gasteiger partial charge in [-0.1, -0.05) is 34.6 Å². The average molecular weight is 267 g/mol. The molecule has 19 heavy (non-hydrogen) atoms. The normalized spacial score (nSPS) is 37.8. The van der Waals surface area contributed by atoms with E-state index in [4.69, 9.17) is 0 Å². The summed E-state index contributed by atoms with van der Waals surface area (Å²) in [5.41, 5.74) is 0.591. The van der Waals surface area contributed by atoms with E-state index >= 15 is 0 Å². The fraction of sp³-hybridized carbons (Fsp3) is 0.938. The van der Waals surface area contributed by atoms with Gasteiger partial charge in [-0.05, 0) is 48.3 Å². The molecule has 2 rings (SSSR count). The number of nitrogens with one attached hydrogen (secondary N) is 1. The SMILES string of the molecule is CC(C)CC(NC1CC2CCC1(C)C2(C)C)C(=O)O. The van der Waals surface area contributed by atoms with Gasteiger partial charge < -0.3 is 10.4 Å². The second-order valence-corrected chi connectivity index (χ2v) is 7.85. The zero-order valence-corrected chi connectivity index (χ0v) is 13.0. The largest absolute Gasteiger partial charge is 0.480 e. The van der Waals surface area contributed by atoms with E-state index in [2.05, 4.69) is 39.9 Å². The summed E-state index contributed by atoms with van der Waals surface area (Å²) in [4.78, 5) is 11.4. The van der Waals surface area contributed by atoms with Crippen LogP contribution < -0.4 is 5.32 Å². The van der Waals surface area contributed by atoms with Crippen LogP contribution in [0.5, 0.6) is 0 Å². The van der Waals surface area contributed by atoms with E-state index in [0.717, 1.165) is 12.3 Å². The van der Waals surface area contributed by atoms with Gasteiger partial charge in [-0.2, -0.15) is 0 Å². The third-order valence-corrected chi connectivity index (χ3v) is 6.20. The van der Waals surface area contributed by atoms with E-state index in [1.165, 1.54) is 12.8 Å². The quantitative estimate of drug-likeness (QED) is 0.803. The van der Waals surface area contributed by atoms with Crippen LogP contribution in [-0.4, -0.2) is 23.2 Å². The highest BCUT2D eigenvalue weighted by Gasteiger charge is 2.61. The van der Waals surface area contributed by atoms with Crippen molar-refractivity contribution in [3.63, 3.8) is 0 Å². The lowest BCUT2D eigenvalue weighted by molar-refractivity contribution is -0.140. The maximum atomic E-state index is 11.4. The molecule has 0 aromatic heterocycles. The van der Waals surface area contributed by atoms with Gasteiger partial charge >= 0.3 is 5.97 Å². The molecule has 3 nitrogen and oxygen atoms in total. The van der Waals surface area contributed by atoms with Gasteiger partial charge in [0.15, 0.2) is 0 Å². The molecule has 0 aromatic rings. The van der Waals surface area contributed by atoms with Crippen LogP contribution in [0.2, 0.25) is 0 Å². The first-order valence-corrected chi connectivity index (χ1v) is 7.67. The van der Waals surface area contributed by atoms with Crippen molar-refractivity contribution in [3.8, 4) is 0 Å². The molecule has 0 aromatic carbocycles. The van der Waals surface area contributed by atoms with Crippen molar-refractivity contribution < 1.29 is 9.90 Å². The number of rotatable bonds is 5. The van der Waals surface area contributed by atoms with Gasteiger partial charge in [0.25, 0.3) is 0 Å². The van der Waals surface area contributed by atoms with Crippen molar-refractivity contribution in [2.45, 2.75) is 72.4 Å². The second-order valence-electron chi connectivity index (χ2n) is 7.85. The molecular weight excluding hydrogens is 238 g/mol. The molecule has 0 aliphatic heterocycles. The van der Waals surface area contributed by atoms with Gasteiger partial charge in [0, 0.05) is 6.04 Å². The minimum absolute atomic E-state index is 0.252. The Labute approximate surface area is 117 Å². The highest BCUT2D eigenvalue weighted by molar-refractivity contribution is 5.73. The van der Waals surface area contributed by atoms with Crippen molar-refractivity contribution in [1.29, 1.82) is 0 Å². The number of hydrogen-bond donors (Lipinski definition) is 2. The molecule has 2 saturated carbocycles. The van der Waals surface area contributed by atoms with E-state index < -0.39 is 12.0 Å². The van der Waals surface area contributed by atoms with Gasteiger partial charge in [0.05, 0.1) is 0 Å². The molecule has 4 atom stereocenters. The van der Waals surface area contributed by atoms with Crippen molar-refractivity contribution in [2.24, 2.45) is 22.7 Å². The summed E-state index contributed by atoms with van der Waals surface area (Å²) >= 11 is 0. The number of fused-ring (bicyclic) bond motifs is 2. The Morgan fingerprint density at radius 3 is 2.37 bits per heavy atom. The predicted octanol–water partition coefficient (Wildman–Crippen LogP) is 3.29. The Hall–Kier alpha value is -0.570. The van der Waals surface area contributed by atoms with Crippen molar-refractivity contribution in [1.82, 2.24) is 5.32 Å². The topological polar surface area (TPSA) is 49.3 Å². The van der Waals surface area contributed by atoms with Crippen molar-refractivity contribution in [3.05, 3.63) is 0 Å². The smallest absolute Gasteiger partial charge is 0.320 e. The molecule has 2 N–H and O–H groups in total. The Morgan fingerprint density at radius 1 is 1.37 bits per heavy atom. The highest BCUT2D eigenvalue weighted by atomic mass is 16.4. The number of hydrogen-bond acceptors (Lipinski definition) is 2. The van der Waals surface area contributed by atoms with Gasteiger partial charge in [0.1, 0.15) is 6.04 Å². The minimum atomic E-state index is -0.696. The van der Waals surface area contributed by atoms with Crippen molar-refractivity contribution in [2.75, 3.05) is 0 Å². The molecule has 2 aliphatic carbocycles. The standard InChI is InChI=1S/C16H29NO2/c1-10(2)8-12(14(18)19)17-13-9-11-6-7-16(13,5)15(11,3)4/h10-13,17H,6-9H2,1-5H3,(H,18,19). The fourth-order valence-electron chi connectivity index (χ4n) is 4.41. The van der Waals surface area contributed by atoms with E-state index in [1.807, 2.05) is 0 Å². The molecule has 0 radical (unpaired) electrons. The third-order valence-electron chi connectivity index (χ3n) is 6.20. The molecule has 2 fully saturated rings. The minimum Gasteiger partial charge on any atom is -0.480 e. The first-order chi connectivity index (χ1) is 8.68. The summed E-state index contributed by atoms with van der Waals surface area (Å²) < 4.78 is 0. The number of aliphatic carboxylic acids is 1. The molecule has 4 unspecified atom stereocenters. The van der Waals surface area contributed by atoms with E-state index in [1.54, 1.807) is 0 Å². The average Bonchev–Trinajstić information content (AvgIpc) is 2.60. The lowest BCUT2D eigenvalue weighted by Crippen LogP contribution is -2.51. The molecule has 0 saturated heterocycles. The zero-order chi connectivity index (χ0) is 14.4. The van der Waals surface area contributed by atoms with Crippen LogP contribution in [0.4, 0.5) is 0 Å². The Kier molecular flexibility index (Phi) is 3.72.